The molecule has 0 unspecified atom stereocenters. The molecule has 1 heterocycles. The molecule has 26 heavy (non-hydrogen) atoms. The van der Waals surface area contributed by atoms with Gasteiger partial charge in [0.15, 0.2) is 11.8 Å². The minimum Gasteiger partial charge on any atom is -0.455 e. The molecule has 0 spiro atoms. The van der Waals surface area contributed by atoms with Crippen molar-refractivity contribution in [1.82, 2.24) is 15.3 Å². The maximum atomic E-state index is 11.7. The second-order valence-corrected chi connectivity index (χ2v) is 6.99. The van der Waals surface area contributed by atoms with Gasteiger partial charge in [-0.25, -0.2) is 9.97 Å². The van der Waals surface area contributed by atoms with Crippen molar-refractivity contribution in [2.24, 2.45) is 0 Å². The van der Waals surface area contributed by atoms with Gasteiger partial charge in [0.1, 0.15) is 0 Å². The van der Waals surface area contributed by atoms with Gasteiger partial charge < -0.3 is 10.1 Å². The van der Waals surface area contributed by atoms with Gasteiger partial charge in [-0.15, -0.1) is 0 Å². The number of ether oxygens (including phenoxy) is 1. The number of benzene rings is 1. The molecule has 8 heteroatoms. The van der Waals surface area contributed by atoms with Crippen LogP contribution in [0.25, 0.3) is 0 Å². The van der Waals surface area contributed by atoms with E-state index in [4.69, 9.17) is 16.3 Å². The van der Waals surface area contributed by atoms with Crippen molar-refractivity contribution >= 4 is 35.2 Å². The third kappa shape index (κ3) is 7.41. The van der Waals surface area contributed by atoms with Crippen LogP contribution in [-0.4, -0.2) is 40.7 Å². The molecule has 0 aliphatic heterocycles. The summed E-state index contributed by atoms with van der Waals surface area (Å²) in [5, 5.41) is 3.90. The summed E-state index contributed by atoms with van der Waals surface area (Å²) in [5.74, 6) is -0.758. The average molecular weight is 394 g/mol. The third-order valence-electron chi connectivity index (χ3n) is 3.29. The average Bonchev–Trinajstić information content (AvgIpc) is 2.59. The normalized spacial score (nSPS) is 10.4. The number of aryl methyl sites for hydroxylation is 2. The zero-order valence-electron chi connectivity index (χ0n) is 14.6. The SMILES string of the molecule is Cc1cc(C)nc(SCC(=O)OCC(=O)NCCc2ccc(Cl)cc2)n1. The molecular formula is C18H20ClN3O3S. The van der Waals surface area contributed by atoms with E-state index in [1.807, 2.05) is 32.0 Å². The molecule has 0 bridgehead atoms. The number of hydrogen-bond acceptors (Lipinski definition) is 6. The number of carbonyl (C=O) groups is 2. The van der Waals surface area contributed by atoms with Gasteiger partial charge in [0.25, 0.3) is 5.91 Å². The van der Waals surface area contributed by atoms with Crippen molar-refractivity contribution in [1.29, 1.82) is 0 Å². The Morgan fingerprint density at radius 3 is 2.46 bits per heavy atom. The Balaban J connectivity index is 1.63. The highest BCUT2D eigenvalue weighted by atomic mass is 35.5. The lowest BCUT2D eigenvalue weighted by molar-refractivity contribution is -0.145. The number of halogens is 1. The van der Waals surface area contributed by atoms with Crippen LogP contribution in [0.15, 0.2) is 35.5 Å². The molecule has 1 amide bonds. The molecule has 1 aromatic carbocycles. The van der Waals surface area contributed by atoms with Crippen molar-refractivity contribution in [3.63, 3.8) is 0 Å². The molecule has 138 valence electrons. The van der Waals surface area contributed by atoms with Gasteiger partial charge in [0, 0.05) is 23.0 Å². The zero-order chi connectivity index (χ0) is 18.9. The number of nitrogens with zero attached hydrogens (tertiary/aromatic N) is 2. The van der Waals surface area contributed by atoms with E-state index in [-0.39, 0.29) is 18.3 Å². The van der Waals surface area contributed by atoms with E-state index in [1.165, 1.54) is 11.8 Å². The highest BCUT2D eigenvalue weighted by molar-refractivity contribution is 7.99. The summed E-state index contributed by atoms with van der Waals surface area (Å²) in [4.78, 5) is 31.9. The first-order valence-corrected chi connectivity index (χ1v) is 9.40. The maximum absolute atomic E-state index is 11.7. The fourth-order valence-electron chi connectivity index (χ4n) is 2.12. The molecule has 2 aromatic rings. The number of esters is 1. The predicted molar refractivity (Wildman–Crippen MR) is 101 cm³/mol. The van der Waals surface area contributed by atoms with Crippen LogP contribution >= 0.6 is 23.4 Å². The van der Waals surface area contributed by atoms with Crippen LogP contribution in [0.4, 0.5) is 0 Å². The summed E-state index contributed by atoms with van der Waals surface area (Å²) in [6, 6.07) is 9.27. The van der Waals surface area contributed by atoms with Crippen LogP contribution in [0.2, 0.25) is 5.02 Å². The van der Waals surface area contributed by atoms with Crippen molar-refractivity contribution in [3.05, 3.63) is 52.3 Å². The van der Waals surface area contributed by atoms with Gasteiger partial charge in [-0.1, -0.05) is 35.5 Å². The number of amides is 1. The van der Waals surface area contributed by atoms with E-state index >= 15 is 0 Å². The van der Waals surface area contributed by atoms with E-state index in [0.717, 1.165) is 17.0 Å². The summed E-state index contributed by atoms with van der Waals surface area (Å²) in [6.07, 6.45) is 0.677. The largest absolute Gasteiger partial charge is 0.455 e. The van der Waals surface area contributed by atoms with Crippen molar-refractivity contribution in [3.8, 4) is 0 Å². The summed E-state index contributed by atoms with van der Waals surface area (Å²) >= 11 is 7.00. The summed E-state index contributed by atoms with van der Waals surface area (Å²) in [6.45, 7) is 3.90. The van der Waals surface area contributed by atoms with Crippen molar-refractivity contribution in [2.45, 2.75) is 25.4 Å². The number of hydrogen-bond donors (Lipinski definition) is 1. The number of aromatic nitrogens is 2. The lowest BCUT2D eigenvalue weighted by Crippen LogP contribution is -2.30. The predicted octanol–water partition coefficient (Wildman–Crippen LogP) is 2.74. The van der Waals surface area contributed by atoms with Crippen LogP contribution in [0.1, 0.15) is 17.0 Å². The van der Waals surface area contributed by atoms with Crippen molar-refractivity contribution in [2.75, 3.05) is 18.9 Å². The third-order valence-corrected chi connectivity index (χ3v) is 4.37. The lowest BCUT2D eigenvalue weighted by Gasteiger charge is -2.07. The number of nitrogens with one attached hydrogen (secondary N) is 1. The molecule has 2 rings (SSSR count). The first kappa shape index (κ1) is 20.2. The fourth-order valence-corrected chi connectivity index (χ4v) is 2.99. The number of thioether (sulfide) groups is 1. The highest BCUT2D eigenvalue weighted by Gasteiger charge is 2.10. The van der Waals surface area contributed by atoms with E-state index < -0.39 is 5.97 Å². The standard InChI is InChI=1S/C18H20ClN3O3S/c1-12-9-13(2)22-18(21-12)26-11-17(24)25-10-16(23)20-8-7-14-3-5-15(19)6-4-14/h3-6,9H,7-8,10-11H2,1-2H3,(H,20,23). The first-order valence-electron chi connectivity index (χ1n) is 8.04. The minimum absolute atomic E-state index is 0.0565. The summed E-state index contributed by atoms with van der Waals surface area (Å²) in [7, 11) is 0. The molecule has 1 aromatic heterocycles. The highest BCUT2D eigenvalue weighted by Crippen LogP contribution is 2.14. The minimum atomic E-state index is -0.481. The Hall–Kier alpha value is -2.12. The van der Waals surface area contributed by atoms with E-state index in [1.54, 1.807) is 12.1 Å². The molecule has 0 saturated carbocycles. The zero-order valence-corrected chi connectivity index (χ0v) is 16.2. The number of carbonyl (C=O) groups excluding carboxylic acids is 2. The molecule has 6 nitrogen and oxygen atoms in total. The quantitative estimate of drug-likeness (QED) is 0.422. The summed E-state index contributed by atoms with van der Waals surface area (Å²) in [5.41, 5.74) is 2.75. The van der Waals surface area contributed by atoms with Gasteiger partial charge in [-0.3, -0.25) is 9.59 Å². The van der Waals surface area contributed by atoms with Crippen LogP contribution < -0.4 is 5.32 Å². The van der Waals surface area contributed by atoms with Crippen LogP contribution in [0.5, 0.6) is 0 Å². The topological polar surface area (TPSA) is 81.2 Å². The molecule has 0 radical (unpaired) electrons. The van der Waals surface area contributed by atoms with E-state index in [0.29, 0.717) is 23.1 Å². The molecule has 0 atom stereocenters. The molecule has 0 aliphatic carbocycles. The number of rotatable bonds is 8. The molecule has 1 N–H and O–H groups in total. The second-order valence-electron chi connectivity index (χ2n) is 5.61. The Morgan fingerprint density at radius 2 is 1.81 bits per heavy atom. The first-order chi connectivity index (χ1) is 12.4. The molecule has 0 fully saturated rings. The molecular weight excluding hydrogens is 374 g/mol. The second kappa shape index (κ2) is 10.1. The van der Waals surface area contributed by atoms with Crippen LogP contribution in [0.3, 0.4) is 0 Å². The van der Waals surface area contributed by atoms with Gasteiger partial charge in [-0.2, -0.15) is 0 Å². The van der Waals surface area contributed by atoms with E-state index in [9.17, 15) is 9.59 Å². The van der Waals surface area contributed by atoms with E-state index in [2.05, 4.69) is 15.3 Å². The fraction of sp³-hybridized carbons (Fsp3) is 0.333. The van der Waals surface area contributed by atoms with Gasteiger partial charge in [-0.05, 0) is 44.0 Å². The summed E-state index contributed by atoms with van der Waals surface area (Å²) < 4.78 is 4.96. The Kier molecular flexibility index (Phi) is 7.87. The van der Waals surface area contributed by atoms with Gasteiger partial charge in [0.2, 0.25) is 0 Å². The molecule has 0 aliphatic rings. The van der Waals surface area contributed by atoms with Gasteiger partial charge in [0.05, 0.1) is 5.75 Å². The Labute approximate surface area is 161 Å². The Morgan fingerprint density at radius 1 is 1.15 bits per heavy atom. The maximum Gasteiger partial charge on any atom is 0.316 e. The lowest BCUT2D eigenvalue weighted by atomic mass is 10.1. The van der Waals surface area contributed by atoms with Crippen LogP contribution in [0, 0.1) is 13.8 Å². The molecule has 0 saturated heterocycles. The van der Waals surface area contributed by atoms with Gasteiger partial charge >= 0.3 is 5.97 Å². The van der Waals surface area contributed by atoms with Crippen LogP contribution in [-0.2, 0) is 20.7 Å². The smallest absolute Gasteiger partial charge is 0.316 e. The van der Waals surface area contributed by atoms with Crippen molar-refractivity contribution < 1.29 is 14.3 Å². The monoisotopic (exact) mass is 393 g/mol. The Bertz CT molecular complexity index is 749.